The largest absolute Gasteiger partial charge is 0.490 e. The van der Waals surface area contributed by atoms with E-state index >= 15 is 0 Å². The number of amides is 1. The lowest BCUT2D eigenvalue weighted by atomic mass is 9.78. The lowest BCUT2D eigenvalue weighted by molar-refractivity contribution is -0.192. The molecule has 0 atom stereocenters. The minimum absolute atomic E-state index is 0.348. The van der Waals surface area contributed by atoms with Crippen molar-refractivity contribution in [3.8, 4) is 0 Å². The van der Waals surface area contributed by atoms with Crippen LogP contribution < -0.4 is 4.90 Å². The third kappa shape index (κ3) is 7.19. The number of alkyl halides is 4. The third-order valence-electron chi connectivity index (χ3n) is 8.21. The lowest BCUT2D eigenvalue weighted by Crippen LogP contribution is -2.58. The average molecular weight is 591 g/mol. The minimum Gasteiger partial charge on any atom is -0.475 e. The van der Waals surface area contributed by atoms with Crippen molar-refractivity contribution in [1.82, 2.24) is 9.80 Å². The standard InChI is InChI=1S/C25H38BrN3O.C2HF3O2/c1-20(2)21-9-11-22(12-10-21)27-17-13-25(14-18-27)24(30)28(16-6-15-26)19-29(25)23-7-4-3-5-8-23;3-2(4,5)1(6)7/h3-5,7-8,20-22H,6,9-19H2,1-2H3;(H,6,7). The van der Waals surface area contributed by atoms with Gasteiger partial charge in [0, 0.05) is 36.7 Å². The number of anilines is 1. The first kappa shape index (κ1) is 29.7. The van der Waals surface area contributed by atoms with Gasteiger partial charge in [-0.3, -0.25) is 4.79 Å². The van der Waals surface area contributed by atoms with Crippen LogP contribution in [0.15, 0.2) is 30.3 Å². The number of rotatable bonds is 6. The van der Waals surface area contributed by atoms with Gasteiger partial charge in [-0.15, -0.1) is 0 Å². The summed E-state index contributed by atoms with van der Waals surface area (Å²) < 4.78 is 31.7. The van der Waals surface area contributed by atoms with Gasteiger partial charge in [0.25, 0.3) is 0 Å². The predicted molar refractivity (Wildman–Crippen MR) is 142 cm³/mol. The Hall–Kier alpha value is -1.81. The summed E-state index contributed by atoms with van der Waals surface area (Å²) in [6, 6.07) is 11.3. The first-order valence-electron chi connectivity index (χ1n) is 13.2. The maximum Gasteiger partial charge on any atom is 0.490 e. The molecule has 3 aliphatic rings. The first-order chi connectivity index (χ1) is 17.5. The lowest BCUT2D eigenvalue weighted by Gasteiger charge is -2.47. The molecule has 2 aliphatic heterocycles. The fourth-order valence-corrected chi connectivity index (χ4v) is 6.27. The Balaban J connectivity index is 0.000000479. The highest BCUT2D eigenvalue weighted by Gasteiger charge is 2.54. The van der Waals surface area contributed by atoms with Gasteiger partial charge in [0.15, 0.2) is 0 Å². The van der Waals surface area contributed by atoms with Gasteiger partial charge in [0.1, 0.15) is 5.54 Å². The number of aliphatic carboxylic acids is 1. The molecule has 0 bridgehead atoms. The minimum atomic E-state index is -5.08. The molecule has 6 nitrogen and oxygen atoms in total. The zero-order chi connectivity index (χ0) is 27.2. The first-order valence-corrected chi connectivity index (χ1v) is 14.3. The van der Waals surface area contributed by atoms with Gasteiger partial charge in [-0.1, -0.05) is 48.0 Å². The van der Waals surface area contributed by atoms with Crippen LogP contribution in [0.3, 0.4) is 0 Å². The SMILES string of the molecule is CC(C)C1CCC(N2CCC3(CC2)C(=O)N(CCCBr)CN3c2ccccc2)CC1.O=C(O)C(F)(F)F. The number of halogens is 4. The number of nitrogens with zero attached hydrogens (tertiary/aromatic N) is 3. The Morgan fingerprint density at radius 1 is 1.11 bits per heavy atom. The summed E-state index contributed by atoms with van der Waals surface area (Å²) in [6.45, 7) is 8.44. The molecule has 10 heteroatoms. The summed E-state index contributed by atoms with van der Waals surface area (Å²) in [6.07, 6.45) is 3.26. The van der Waals surface area contributed by atoms with Gasteiger partial charge < -0.3 is 19.8 Å². The summed E-state index contributed by atoms with van der Waals surface area (Å²) in [5.74, 6) is -0.676. The molecule has 1 amide bonds. The molecule has 2 heterocycles. The fourth-order valence-electron chi connectivity index (χ4n) is 6.02. The number of para-hydroxylation sites is 1. The van der Waals surface area contributed by atoms with Crippen LogP contribution in [-0.4, -0.2) is 76.2 Å². The van der Waals surface area contributed by atoms with Crippen LogP contribution in [-0.2, 0) is 9.59 Å². The number of hydrogen-bond acceptors (Lipinski definition) is 4. The summed E-state index contributed by atoms with van der Waals surface area (Å²) in [4.78, 5) is 29.7. The molecule has 2 saturated heterocycles. The molecule has 0 unspecified atom stereocenters. The second kappa shape index (κ2) is 12.8. The van der Waals surface area contributed by atoms with Crippen LogP contribution in [0.25, 0.3) is 0 Å². The fraction of sp³-hybridized carbons (Fsp3) is 0.704. The van der Waals surface area contributed by atoms with E-state index < -0.39 is 12.1 Å². The topological polar surface area (TPSA) is 64.1 Å². The Kier molecular flexibility index (Phi) is 10.3. The molecule has 1 aromatic rings. The highest BCUT2D eigenvalue weighted by Crippen LogP contribution is 2.41. The van der Waals surface area contributed by atoms with E-state index in [1.807, 2.05) is 0 Å². The van der Waals surface area contributed by atoms with Crippen molar-refractivity contribution in [1.29, 1.82) is 0 Å². The molecule has 1 saturated carbocycles. The maximum atomic E-state index is 13.6. The van der Waals surface area contributed by atoms with Crippen molar-refractivity contribution in [2.75, 3.05) is 36.5 Å². The maximum absolute atomic E-state index is 13.6. The van der Waals surface area contributed by atoms with E-state index in [1.165, 1.54) is 31.4 Å². The highest BCUT2D eigenvalue weighted by molar-refractivity contribution is 9.09. The summed E-state index contributed by atoms with van der Waals surface area (Å²) in [7, 11) is 0. The number of carboxylic acid groups (broad SMARTS) is 1. The number of carbonyl (C=O) groups excluding carboxylic acids is 1. The molecule has 208 valence electrons. The number of benzene rings is 1. The van der Waals surface area contributed by atoms with Crippen LogP contribution in [0.4, 0.5) is 18.9 Å². The molecule has 0 aromatic heterocycles. The van der Waals surface area contributed by atoms with Gasteiger partial charge >= 0.3 is 12.1 Å². The molecular formula is C27H39BrF3N3O3. The average Bonchev–Trinajstić information content (AvgIpc) is 3.14. The van der Waals surface area contributed by atoms with E-state index in [2.05, 4.69) is 74.8 Å². The van der Waals surface area contributed by atoms with Crippen LogP contribution in [0.2, 0.25) is 0 Å². The smallest absolute Gasteiger partial charge is 0.475 e. The Morgan fingerprint density at radius 3 is 2.16 bits per heavy atom. The van der Waals surface area contributed by atoms with Crippen molar-refractivity contribution in [3.05, 3.63) is 30.3 Å². The molecule has 37 heavy (non-hydrogen) atoms. The third-order valence-corrected chi connectivity index (χ3v) is 8.77. The van der Waals surface area contributed by atoms with E-state index in [1.54, 1.807) is 0 Å². The monoisotopic (exact) mass is 589 g/mol. The Bertz CT molecular complexity index is 884. The van der Waals surface area contributed by atoms with Gasteiger partial charge in [0.2, 0.25) is 5.91 Å². The predicted octanol–water partition coefficient (Wildman–Crippen LogP) is 5.76. The molecule has 1 N–H and O–H groups in total. The molecule has 0 radical (unpaired) electrons. The van der Waals surface area contributed by atoms with Gasteiger partial charge in [-0.2, -0.15) is 13.2 Å². The quantitative estimate of drug-likeness (QED) is 0.427. The van der Waals surface area contributed by atoms with Gasteiger partial charge in [0.05, 0.1) is 6.67 Å². The molecule has 1 aliphatic carbocycles. The van der Waals surface area contributed by atoms with E-state index in [0.29, 0.717) is 5.91 Å². The normalized spacial score (nSPS) is 24.4. The van der Waals surface area contributed by atoms with Crippen LogP contribution >= 0.6 is 15.9 Å². The zero-order valence-electron chi connectivity index (χ0n) is 21.7. The molecule has 1 spiro atoms. The van der Waals surface area contributed by atoms with E-state index in [-0.39, 0.29) is 5.54 Å². The van der Waals surface area contributed by atoms with Crippen LogP contribution in [0.5, 0.6) is 0 Å². The summed E-state index contributed by atoms with van der Waals surface area (Å²) in [5, 5.41) is 8.07. The number of likely N-dealkylation sites (tertiary alicyclic amines) is 1. The van der Waals surface area contributed by atoms with E-state index in [0.717, 1.165) is 68.8 Å². The number of carbonyl (C=O) groups is 2. The van der Waals surface area contributed by atoms with Crippen molar-refractivity contribution < 1.29 is 27.9 Å². The van der Waals surface area contributed by atoms with E-state index in [9.17, 15) is 18.0 Å². The number of carboxylic acids is 1. The summed E-state index contributed by atoms with van der Waals surface area (Å²) in [5.41, 5.74) is 0.845. The van der Waals surface area contributed by atoms with Gasteiger partial charge in [-0.25, -0.2) is 4.79 Å². The Morgan fingerprint density at radius 2 is 1.68 bits per heavy atom. The molecule has 4 rings (SSSR count). The second-order valence-electron chi connectivity index (χ2n) is 10.7. The van der Waals surface area contributed by atoms with Crippen molar-refractivity contribution in [3.63, 3.8) is 0 Å². The van der Waals surface area contributed by atoms with Crippen molar-refractivity contribution >= 4 is 33.5 Å². The number of hydrogen-bond donors (Lipinski definition) is 1. The number of piperidine rings is 1. The van der Waals surface area contributed by atoms with Crippen LogP contribution in [0, 0.1) is 11.8 Å². The van der Waals surface area contributed by atoms with Crippen LogP contribution in [0.1, 0.15) is 58.8 Å². The van der Waals surface area contributed by atoms with E-state index in [4.69, 9.17) is 9.90 Å². The Labute approximate surface area is 226 Å². The van der Waals surface area contributed by atoms with Crippen molar-refractivity contribution in [2.45, 2.75) is 76.6 Å². The zero-order valence-corrected chi connectivity index (χ0v) is 23.3. The summed E-state index contributed by atoms with van der Waals surface area (Å²) >= 11 is 3.53. The van der Waals surface area contributed by atoms with Gasteiger partial charge in [-0.05, 0) is 68.9 Å². The molecular weight excluding hydrogens is 551 g/mol. The second-order valence-corrected chi connectivity index (χ2v) is 11.5. The molecule has 1 aromatic carbocycles. The van der Waals surface area contributed by atoms with Crippen molar-refractivity contribution in [2.24, 2.45) is 11.8 Å². The molecule has 3 fully saturated rings. The highest BCUT2D eigenvalue weighted by atomic mass is 79.9.